The zero-order valence-corrected chi connectivity index (χ0v) is 25.5. The fraction of sp³-hybridized carbons (Fsp3) is 0.452. The highest BCUT2D eigenvalue weighted by Gasteiger charge is 2.66. The molecule has 5 rings (SSSR count). The Hall–Kier alpha value is -3.47. The molecule has 0 aliphatic carbocycles. The molecule has 1 fully saturated rings. The van der Waals surface area contributed by atoms with Crippen LogP contribution in [-0.4, -0.2) is 67.6 Å². The van der Waals surface area contributed by atoms with Crippen LogP contribution in [0.1, 0.15) is 24.6 Å². The van der Waals surface area contributed by atoms with Crippen LogP contribution in [0.25, 0.3) is 0 Å². The normalized spacial score (nSPS) is 23.7. The third kappa shape index (κ3) is 4.87. The van der Waals surface area contributed by atoms with E-state index in [1.54, 1.807) is 29.9 Å². The molecule has 0 saturated carbocycles. The van der Waals surface area contributed by atoms with Gasteiger partial charge in [-0.15, -0.1) is 11.7 Å². The van der Waals surface area contributed by atoms with Crippen molar-refractivity contribution in [1.82, 2.24) is 15.0 Å². The molecule has 218 valence electrons. The number of aliphatic hydroxyl groups is 1. The van der Waals surface area contributed by atoms with E-state index in [0.29, 0.717) is 31.7 Å². The van der Waals surface area contributed by atoms with E-state index in [1.165, 1.54) is 5.19 Å². The quantitative estimate of drug-likeness (QED) is 0.275. The highest BCUT2D eigenvalue weighted by molar-refractivity contribution is 6.91. The average molecular weight is 577 g/mol. The van der Waals surface area contributed by atoms with Gasteiger partial charge in [-0.1, -0.05) is 48.6 Å². The van der Waals surface area contributed by atoms with Gasteiger partial charge in [-0.05, 0) is 42.3 Å². The van der Waals surface area contributed by atoms with E-state index in [1.807, 2.05) is 36.5 Å². The third-order valence-corrected chi connectivity index (χ3v) is 13.3. The third-order valence-electron chi connectivity index (χ3n) is 8.95. The molecule has 3 heterocycles. The van der Waals surface area contributed by atoms with Crippen molar-refractivity contribution in [3.8, 4) is 11.5 Å². The number of hydrogen-bond acceptors (Lipinski definition) is 7. The highest BCUT2D eigenvalue weighted by Crippen LogP contribution is 2.60. The van der Waals surface area contributed by atoms with Crippen LogP contribution >= 0.6 is 0 Å². The van der Waals surface area contributed by atoms with Crippen LogP contribution in [-0.2, 0) is 28.1 Å². The molecule has 10 heteroatoms. The number of carbonyl (C=O) groups is 1. The van der Waals surface area contributed by atoms with Crippen LogP contribution in [0.5, 0.6) is 11.5 Å². The Morgan fingerprint density at radius 2 is 1.85 bits per heavy atom. The number of fused-ring (bicyclic) bond motifs is 2. The summed E-state index contributed by atoms with van der Waals surface area (Å²) in [5, 5.41) is 19.0. The monoisotopic (exact) mass is 576 g/mol. The number of carbonyl (C=O) groups excluding carboxylic acids is 1. The molecular formula is C31H40N4O5Si. The summed E-state index contributed by atoms with van der Waals surface area (Å²) in [5.41, 5.74) is 1.43. The Kier molecular flexibility index (Phi) is 8.09. The van der Waals surface area contributed by atoms with E-state index in [4.69, 9.17) is 14.2 Å². The maximum Gasteiger partial charge on any atom is 0.264 e. The van der Waals surface area contributed by atoms with E-state index in [2.05, 4.69) is 49.0 Å². The number of amides is 1. The minimum atomic E-state index is -2.24. The van der Waals surface area contributed by atoms with Crippen LogP contribution in [0.15, 0.2) is 61.3 Å². The van der Waals surface area contributed by atoms with Crippen molar-refractivity contribution in [2.45, 2.75) is 56.7 Å². The first kappa shape index (κ1) is 29.0. The summed E-state index contributed by atoms with van der Waals surface area (Å²) < 4.78 is 19.9. The fourth-order valence-corrected chi connectivity index (χ4v) is 11.0. The van der Waals surface area contributed by atoms with Crippen LogP contribution in [0.4, 0.5) is 5.69 Å². The van der Waals surface area contributed by atoms with Crippen LogP contribution in [0.3, 0.4) is 0 Å². The lowest BCUT2D eigenvalue weighted by atomic mass is 9.82. The molecular weight excluding hydrogens is 536 g/mol. The lowest BCUT2D eigenvalue weighted by Gasteiger charge is -2.37. The van der Waals surface area contributed by atoms with Crippen molar-refractivity contribution < 1.29 is 24.1 Å². The number of nitrogens with zero attached hydrogens (tertiary/aromatic N) is 4. The minimum Gasteiger partial charge on any atom is -0.497 e. The van der Waals surface area contributed by atoms with Gasteiger partial charge in [-0.3, -0.25) is 9.48 Å². The predicted octanol–water partition coefficient (Wildman–Crippen LogP) is 3.67. The number of methoxy groups -OCH3 is 2. The standard InChI is InChI=1S/C31H40N4O5Si/c1-7-16-35-27-13-10-24(39-4)19-26(27)31(30(35)37)21(2)29(41(5,6)25-11-8-23(38-3)9-12-25)28(40-31)14-17-34-20-22(15-18-36)32-33-34/h7-13,19-21,28-29,36H,1,14-18H2,2-6H3/t21-,28+,29-,31+/m0/s1. The molecule has 1 saturated heterocycles. The Bertz CT molecular complexity index is 1410. The van der Waals surface area contributed by atoms with Crippen LogP contribution in [0, 0.1) is 5.92 Å². The van der Waals surface area contributed by atoms with Crippen molar-refractivity contribution in [3.05, 3.63) is 72.6 Å². The molecule has 41 heavy (non-hydrogen) atoms. The largest absolute Gasteiger partial charge is 0.497 e. The second kappa shape index (κ2) is 11.4. The summed E-state index contributed by atoms with van der Waals surface area (Å²) >= 11 is 0. The number of aromatic nitrogens is 3. The van der Waals surface area contributed by atoms with Gasteiger partial charge in [0.2, 0.25) is 0 Å². The first-order valence-electron chi connectivity index (χ1n) is 14.1. The first-order valence-corrected chi connectivity index (χ1v) is 17.2. The van der Waals surface area contributed by atoms with Crippen molar-refractivity contribution in [2.75, 3.05) is 32.3 Å². The van der Waals surface area contributed by atoms with Crippen LogP contribution < -0.4 is 19.6 Å². The number of ether oxygens (including phenoxy) is 3. The molecule has 1 N–H and O–H groups in total. The summed E-state index contributed by atoms with van der Waals surface area (Å²) in [5.74, 6) is 1.35. The van der Waals surface area contributed by atoms with Gasteiger partial charge in [0.25, 0.3) is 5.91 Å². The molecule has 1 spiro atoms. The van der Waals surface area contributed by atoms with E-state index >= 15 is 0 Å². The molecule has 0 unspecified atom stereocenters. The minimum absolute atomic E-state index is 0.0282. The van der Waals surface area contributed by atoms with Gasteiger partial charge in [0.05, 0.1) is 39.8 Å². The zero-order chi connectivity index (χ0) is 29.4. The lowest BCUT2D eigenvalue weighted by Crippen LogP contribution is -2.51. The van der Waals surface area contributed by atoms with Gasteiger partial charge in [0.15, 0.2) is 5.60 Å². The molecule has 3 aromatic rings. The number of rotatable bonds is 11. The molecule has 1 amide bonds. The Morgan fingerprint density at radius 1 is 1.15 bits per heavy atom. The molecule has 2 aliphatic rings. The van der Waals surface area contributed by atoms with Gasteiger partial charge >= 0.3 is 0 Å². The summed E-state index contributed by atoms with van der Waals surface area (Å²) in [7, 11) is 1.07. The van der Waals surface area contributed by atoms with Gasteiger partial charge < -0.3 is 24.2 Å². The van der Waals surface area contributed by atoms with Gasteiger partial charge in [-0.2, -0.15) is 0 Å². The smallest absolute Gasteiger partial charge is 0.264 e. The maximum atomic E-state index is 14.4. The van der Waals surface area contributed by atoms with Gasteiger partial charge in [0.1, 0.15) is 11.5 Å². The molecule has 0 radical (unpaired) electrons. The molecule has 2 aliphatic heterocycles. The van der Waals surface area contributed by atoms with Crippen LogP contribution in [0.2, 0.25) is 18.6 Å². The zero-order valence-electron chi connectivity index (χ0n) is 24.5. The number of anilines is 1. The molecule has 4 atom stereocenters. The summed E-state index contributed by atoms with van der Waals surface area (Å²) in [4.78, 5) is 16.2. The summed E-state index contributed by atoms with van der Waals surface area (Å²) in [6.07, 6.45) is 4.56. The topological polar surface area (TPSA) is 98.9 Å². The fourth-order valence-electron chi connectivity index (χ4n) is 6.94. The van der Waals surface area contributed by atoms with Crippen molar-refractivity contribution >= 4 is 24.9 Å². The average Bonchev–Trinajstić information content (AvgIpc) is 3.62. The molecule has 1 aromatic heterocycles. The molecule has 9 nitrogen and oxygen atoms in total. The van der Waals surface area contributed by atoms with E-state index < -0.39 is 13.7 Å². The summed E-state index contributed by atoms with van der Waals surface area (Å²) in [6, 6.07) is 14.2. The number of aliphatic hydroxyl groups excluding tert-OH is 1. The van der Waals surface area contributed by atoms with Gasteiger partial charge in [0, 0.05) is 43.8 Å². The SMILES string of the molecule is C=CCN1C(=O)[C@]2(O[C@H](CCn3cc(CCO)nn3)[C@@H]([Si](C)(C)c3ccc(OC)cc3)[C@@H]2C)c2cc(OC)ccc21. The second-order valence-corrected chi connectivity index (χ2v) is 16.2. The van der Waals surface area contributed by atoms with Crippen molar-refractivity contribution in [3.63, 3.8) is 0 Å². The first-order chi connectivity index (χ1) is 19.7. The van der Waals surface area contributed by atoms with Crippen molar-refractivity contribution in [1.29, 1.82) is 0 Å². The van der Waals surface area contributed by atoms with E-state index in [0.717, 1.165) is 22.7 Å². The summed E-state index contributed by atoms with van der Waals surface area (Å²) in [6.45, 7) is 11.8. The number of hydrogen-bond donors (Lipinski definition) is 1. The molecule has 0 bridgehead atoms. The Morgan fingerprint density at radius 3 is 2.51 bits per heavy atom. The van der Waals surface area contributed by atoms with E-state index in [9.17, 15) is 9.90 Å². The van der Waals surface area contributed by atoms with E-state index in [-0.39, 0.29) is 30.1 Å². The number of benzene rings is 2. The Labute approximate surface area is 242 Å². The van der Waals surface area contributed by atoms with Crippen molar-refractivity contribution in [2.24, 2.45) is 5.92 Å². The predicted molar refractivity (Wildman–Crippen MR) is 161 cm³/mol. The number of aryl methyl sites for hydroxylation is 1. The van der Waals surface area contributed by atoms with Gasteiger partial charge in [-0.25, -0.2) is 0 Å². The second-order valence-electron chi connectivity index (χ2n) is 11.5. The Balaban J connectivity index is 1.58. The highest BCUT2D eigenvalue weighted by atomic mass is 28.3. The maximum absolute atomic E-state index is 14.4. The lowest BCUT2D eigenvalue weighted by molar-refractivity contribution is -0.145. The molecule has 2 aromatic carbocycles.